The Hall–Kier alpha value is -1.84. The third-order valence-corrected chi connectivity index (χ3v) is 5.54. The van der Waals surface area contributed by atoms with Crippen LogP contribution in [0.5, 0.6) is 0 Å². The molecular formula is C19H26N2O2. The highest BCUT2D eigenvalue weighted by molar-refractivity contribution is 5.97. The van der Waals surface area contributed by atoms with Crippen molar-refractivity contribution in [1.29, 1.82) is 0 Å². The molecule has 1 N–H and O–H groups in total. The average Bonchev–Trinajstić information content (AvgIpc) is 2.98. The van der Waals surface area contributed by atoms with E-state index in [9.17, 15) is 9.59 Å². The van der Waals surface area contributed by atoms with Gasteiger partial charge in [0.25, 0.3) is 5.91 Å². The molecule has 4 heteroatoms. The molecule has 1 aliphatic carbocycles. The molecule has 124 valence electrons. The number of carbonyl (C=O) groups excluding carboxylic acids is 2. The van der Waals surface area contributed by atoms with Crippen LogP contribution in [-0.4, -0.2) is 24.4 Å². The predicted octanol–water partition coefficient (Wildman–Crippen LogP) is 3.37. The fourth-order valence-electron chi connectivity index (χ4n) is 3.75. The van der Waals surface area contributed by atoms with Gasteiger partial charge in [0, 0.05) is 30.3 Å². The van der Waals surface area contributed by atoms with Crippen molar-refractivity contribution in [3.8, 4) is 0 Å². The Morgan fingerprint density at radius 1 is 1.13 bits per heavy atom. The van der Waals surface area contributed by atoms with Crippen LogP contribution in [0.1, 0.15) is 56.3 Å². The summed E-state index contributed by atoms with van der Waals surface area (Å²) in [7, 11) is 0. The number of hydrogen-bond donors (Lipinski definition) is 1. The SMILES string of the molecule is CC1CCCC(NC(=O)c2ccc(N3CCCC3=O)cc2)C1C. The van der Waals surface area contributed by atoms with E-state index in [1.807, 2.05) is 24.3 Å². The Morgan fingerprint density at radius 2 is 1.87 bits per heavy atom. The van der Waals surface area contributed by atoms with Crippen molar-refractivity contribution in [2.24, 2.45) is 11.8 Å². The van der Waals surface area contributed by atoms with Gasteiger partial charge < -0.3 is 10.2 Å². The zero-order valence-electron chi connectivity index (χ0n) is 14.0. The summed E-state index contributed by atoms with van der Waals surface area (Å²) < 4.78 is 0. The number of nitrogens with zero attached hydrogens (tertiary/aromatic N) is 1. The normalized spacial score (nSPS) is 28.0. The monoisotopic (exact) mass is 314 g/mol. The van der Waals surface area contributed by atoms with Crippen molar-refractivity contribution >= 4 is 17.5 Å². The Bertz CT molecular complexity index is 582. The number of amides is 2. The summed E-state index contributed by atoms with van der Waals surface area (Å²) in [6.45, 7) is 5.28. The van der Waals surface area contributed by atoms with Gasteiger partial charge in [-0.1, -0.05) is 26.7 Å². The lowest BCUT2D eigenvalue weighted by Crippen LogP contribution is -2.43. The molecule has 1 aliphatic heterocycles. The van der Waals surface area contributed by atoms with E-state index >= 15 is 0 Å². The van der Waals surface area contributed by atoms with E-state index < -0.39 is 0 Å². The van der Waals surface area contributed by atoms with E-state index in [1.165, 1.54) is 12.8 Å². The van der Waals surface area contributed by atoms with E-state index in [0.29, 0.717) is 23.8 Å². The lowest BCUT2D eigenvalue weighted by atomic mass is 9.78. The summed E-state index contributed by atoms with van der Waals surface area (Å²) in [5.74, 6) is 1.36. The van der Waals surface area contributed by atoms with Gasteiger partial charge >= 0.3 is 0 Å². The maximum Gasteiger partial charge on any atom is 0.251 e. The van der Waals surface area contributed by atoms with E-state index in [1.54, 1.807) is 4.90 Å². The number of anilines is 1. The number of hydrogen-bond acceptors (Lipinski definition) is 2. The van der Waals surface area contributed by atoms with Crippen LogP contribution in [0.15, 0.2) is 24.3 Å². The number of benzene rings is 1. The summed E-state index contributed by atoms with van der Waals surface area (Å²) >= 11 is 0. The molecule has 3 unspecified atom stereocenters. The third-order valence-electron chi connectivity index (χ3n) is 5.54. The first kappa shape index (κ1) is 16.0. The highest BCUT2D eigenvalue weighted by Gasteiger charge is 2.28. The minimum absolute atomic E-state index is 0.00440. The summed E-state index contributed by atoms with van der Waals surface area (Å²) in [6, 6.07) is 7.68. The molecular weight excluding hydrogens is 288 g/mol. The smallest absolute Gasteiger partial charge is 0.251 e. The first-order valence-corrected chi connectivity index (χ1v) is 8.77. The lowest BCUT2D eigenvalue weighted by Gasteiger charge is -2.34. The summed E-state index contributed by atoms with van der Waals surface area (Å²) in [4.78, 5) is 26.0. The predicted molar refractivity (Wildman–Crippen MR) is 91.5 cm³/mol. The maximum atomic E-state index is 12.5. The van der Waals surface area contributed by atoms with Crippen molar-refractivity contribution in [2.45, 2.75) is 52.0 Å². The van der Waals surface area contributed by atoms with Gasteiger partial charge in [-0.15, -0.1) is 0 Å². The third kappa shape index (κ3) is 3.41. The standard InChI is InChI=1S/C19H26N2O2/c1-13-5-3-6-17(14(13)2)20-19(23)15-8-10-16(11-9-15)21-12-4-7-18(21)22/h8-11,13-14,17H,3-7,12H2,1-2H3,(H,20,23). The molecule has 1 heterocycles. The quantitative estimate of drug-likeness (QED) is 0.930. The second kappa shape index (κ2) is 6.73. The molecule has 1 aromatic carbocycles. The minimum Gasteiger partial charge on any atom is -0.349 e. The Morgan fingerprint density at radius 3 is 2.52 bits per heavy atom. The summed E-state index contributed by atoms with van der Waals surface area (Å²) in [5, 5.41) is 3.19. The van der Waals surface area contributed by atoms with Crippen molar-refractivity contribution in [3.63, 3.8) is 0 Å². The second-order valence-corrected chi connectivity index (χ2v) is 7.04. The molecule has 2 fully saturated rings. The molecule has 1 aromatic rings. The van der Waals surface area contributed by atoms with Crippen LogP contribution in [0, 0.1) is 11.8 Å². The molecule has 0 bridgehead atoms. The fourth-order valence-corrected chi connectivity index (χ4v) is 3.75. The van der Waals surface area contributed by atoms with Gasteiger partial charge in [0.05, 0.1) is 0 Å². The average molecular weight is 314 g/mol. The number of carbonyl (C=O) groups is 2. The van der Waals surface area contributed by atoms with Crippen LogP contribution in [0.4, 0.5) is 5.69 Å². The van der Waals surface area contributed by atoms with Gasteiger partial charge in [0.2, 0.25) is 5.91 Å². The molecule has 3 rings (SSSR count). The molecule has 0 aromatic heterocycles. The van der Waals surface area contributed by atoms with Crippen LogP contribution in [0.3, 0.4) is 0 Å². The van der Waals surface area contributed by atoms with Crippen LogP contribution < -0.4 is 10.2 Å². The topological polar surface area (TPSA) is 49.4 Å². The second-order valence-electron chi connectivity index (χ2n) is 7.04. The molecule has 0 spiro atoms. The van der Waals surface area contributed by atoms with Gasteiger partial charge in [-0.05, 0) is 48.9 Å². The van der Waals surface area contributed by atoms with Gasteiger partial charge in [-0.25, -0.2) is 0 Å². The molecule has 1 saturated carbocycles. The number of nitrogens with one attached hydrogen (secondary N) is 1. The highest BCUT2D eigenvalue weighted by Crippen LogP contribution is 2.29. The van der Waals surface area contributed by atoms with Crippen molar-refractivity contribution < 1.29 is 9.59 Å². The molecule has 1 saturated heterocycles. The molecule has 0 radical (unpaired) electrons. The molecule has 23 heavy (non-hydrogen) atoms. The van der Waals surface area contributed by atoms with Gasteiger partial charge in [0.15, 0.2) is 0 Å². The zero-order chi connectivity index (χ0) is 16.4. The van der Waals surface area contributed by atoms with Crippen LogP contribution in [0.2, 0.25) is 0 Å². The largest absolute Gasteiger partial charge is 0.349 e. The van der Waals surface area contributed by atoms with Crippen LogP contribution in [-0.2, 0) is 4.79 Å². The minimum atomic E-state index is -0.00440. The van der Waals surface area contributed by atoms with E-state index in [-0.39, 0.29) is 17.9 Å². The maximum absolute atomic E-state index is 12.5. The van der Waals surface area contributed by atoms with Crippen LogP contribution in [0.25, 0.3) is 0 Å². The van der Waals surface area contributed by atoms with Gasteiger partial charge in [0.1, 0.15) is 0 Å². The first-order valence-electron chi connectivity index (χ1n) is 8.77. The Kier molecular flexibility index (Phi) is 4.69. The van der Waals surface area contributed by atoms with Gasteiger partial charge in [-0.3, -0.25) is 9.59 Å². The highest BCUT2D eigenvalue weighted by atomic mass is 16.2. The molecule has 2 aliphatic rings. The Balaban J connectivity index is 1.64. The van der Waals surface area contributed by atoms with E-state index in [0.717, 1.165) is 25.1 Å². The van der Waals surface area contributed by atoms with Gasteiger partial charge in [-0.2, -0.15) is 0 Å². The first-order chi connectivity index (χ1) is 11.1. The molecule has 4 nitrogen and oxygen atoms in total. The lowest BCUT2D eigenvalue weighted by molar-refractivity contribution is -0.117. The number of rotatable bonds is 3. The Labute approximate surface area is 138 Å². The van der Waals surface area contributed by atoms with Crippen molar-refractivity contribution in [2.75, 3.05) is 11.4 Å². The zero-order valence-corrected chi connectivity index (χ0v) is 14.0. The van der Waals surface area contributed by atoms with Crippen molar-refractivity contribution in [1.82, 2.24) is 5.32 Å². The summed E-state index contributed by atoms with van der Waals surface area (Å²) in [6.07, 6.45) is 5.05. The van der Waals surface area contributed by atoms with E-state index in [4.69, 9.17) is 0 Å². The fraction of sp³-hybridized carbons (Fsp3) is 0.579. The van der Waals surface area contributed by atoms with Crippen molar-refractivity contribution in [3.05, 3.63) is 29.8 Å². The van der Waals surface area contributed by atoms with Crippen LogP contribution >= 0.6 is 0 Å². The summed E-state index contributed by atoms with van der Waals surface area (Å²) in [5.41, 5.74) is 1.56. The molecule has 3 atom stereocenters. The van der Waals surface area contributed by atoms with E-state index in [2.05, 4.69) is 19.2 Å². The molecule has 2 amide bonds.